The summed E-state index contributed by atoms with van der Waals surface area (Å²) in [6, 6.07) is 7.40. The lowest BCUT2D eigenvalue weighted by Crippen LogP contribution is -2.35. The maximum absolute atomic E-state index is 11.5. The molecule has 106 valence electrons. The Labute approximate surface area is 119 Å². The second-order valence-corrected chi connectivity index (χ2v) is 4.78. The van der Waals surface area contributed by atoms with Crippen LogP contribution in [0, 0.1) is 0 Å². The molecule has 0 bridgehead atoms. The first-order chi connectivity index (χ1) is 9.04. The van der Waals surface area contributed by atoms with Gasteiger partial charge >= 0.3 is 0 Å². The third-order valence-electron chi connectivity index (χ3n) is 2.55. The first-order valence-corrected chi connectivity index (χ1v) is 6.73. The number of likely N-dealkylation sites (N-methyl/N-ethyl adjacent to an activating group) is 1. The van der Waals surface area contributed by atoms with Gasteiger partial charge in [0.05, 0.1) is 13.2 Å². The van der Waals surface area contributed by atoms with Crippen LogP contribution in [0.15, 0.2) is 24.3 Å². The van der Waals surface area contributed by atoms with Crippen LogP contribution in [0.2, 0.25) is 0 Å². The topological polar surface area (TPSA) is 38.8 Å². The number of alkyl halides is 1. The molecule has 1 aromatic rings. The molecule has 1 rings (SSSR count). The molecule has 0 aliphatic carbocycles. The summed E-state index contributed by atoms with van der Waals surface area (Å²) in [6.45, 7) is 5.18. The van der Waals surface area contributed by atoms with Crippen molar-refractivity contribution in [1.82, 2.24) is 4.90 Å². The summed E-state index contributed by atoms with van der Waals surface area (Å²) in [7, 11) is 1.71. The van der Waals surface area contributed by atoms with Gasteiger partial charge in [0.1, 0.15) is 23.5 Å². The van der Waals surface area contributed by atoms with Crippen LogP contribution in [-0.2, 0) is 4.79 Å². The molecule has 0 fully saturated rings. The molecule has 0 spiro atoms. The third-order valence-corrected chi connectivity index (χ3v) is 2.73. The van der Waals surface area contributed by atoms with E-state index in [-0.39, 0.29) is 5.91 Å². The standard InChI is InChI=1S/C14H20ClNO3/c1-4-18-12-5-7-13(8-6-12)19-10-9-16(3)14(17)11(2)15/h5-8,11H,4,9-10H2,1-3H3. The maximum atomic E-state index is 11.5. The predicted octanol–water partition coefficient (Wildman–Crippen LogP) is 2.55. The second-order valence-electron chi connectivity index (χ2n) is 4.13. The Morgan fingerprint density at radius 2 is 1.79 bits per heavy atom. The number of rotatable bonds is 7. The zero-order valence-electron chi connectivity index (χ0n) is 11.6. The highest BCUT2D eigenvalue weighted by Crippen LogP contribution is 2.17. The van der Waals surface area contributed by atoms with Crippen LogP contribution in [0.5, 0.6) is 11.5 Å². The molecule has 4 nitrogen and oxygen atoms in total. The van der Waals surface area contributed by atoms with E-state index in [0.29, 0.717) is 19.8 Å². The van der Waals surface area contributed by atoms with Crippen LogP contribution in [0.4, 0.5) is 0 Å². The highest BCUT2D eigenvalue weighted by atomic mass is 35.5. The SMILES string of the molecule is CCOc1ccc(OCCN(C)C(=O)C(C)Cl)cc1. The molecule has 0 N–H and O–H groups in total. The van der Waals surface area contributed by atoms with Gasteiger partial charge in [0, 0.05) is 7.05 Å². The van der Waals surface area contributed by atoms with Crippen molar-refractivity contribution in [3.05, 3.63) is 24.3 Å². The van der Waals surface area contributed by atoms with E-state index in [2.05, 4.69) is 0 Å². The minimum Gasteiger partial charge on any atom is -0.494 e. The van der Waals surface area contributed by atoms with Gasteiger partial charge < -0.3 is 14.4 Å². The van der Waals surface area contributed by atoms with Gasteiger partial charge in [-0.2, -0.15) is 0 Å². The van der Waals surface area contributed by atoms with Gasteiger partial charge in [-0.3, -0.25) is 4.79 Å². The number of amides is 1. The molecule has 0 heterocycles. The van der Waals surface area contributed by atoms with Crippen molar-refractivity contribution in [2.75, 3.05) is 26.8 Å². The minimum atomic E-state index is -0.504. The van der Waals surface area contributed by atoms with Crippen molar-refractivity contribution in [3.63, 3.8) is 0 Å². The van der Waals surface area contributed by atoms with Crippen LogP contribution in [-0.4, -0.2) is 43.0 Å². The average Bonchev–Trinajstić information content (AvgIpc) is 2.40. The van der Waals surface area contributed by atoms with Gasteiger partial charge in [-0.15, -0.1) is 11.6 Å². The number of nitrogens with zero attached hydrogens (tertiary/aromatic N) is 1. The van der Waals surface area contributed by atoms with Crippen LogP contribution < -0.4 is 9.47 Å². The number of hydrogen-bond acceptors (Lipinski definition) is 3. The Hall–Kier alpha value is -1.42. The molecule has 0 radical (unpaired) electrons. The molecule has 1 unspecified atom stereocenters. The van der Waals surface area contributed by atoms with E-state index in [1.165, 1.54) is 0 Å². The maximum Gasteiger partial charge on any atom is 0.240 e. The normalized spacial score (nSPS) is 11.8. The summed E-state index contributed by atoms with van der Waals surface area (Å²) < 4.78 is 10.9. The summed E-state index contributed by atoms with van der Waals surface area (Å²) in [6.07, 6.45) is 0. The van der Waals surface area contributed by atoms with E-state index in [1.54, 1.807) is 18.9 Å². The van der Waals surface area contributed by atoms with Crippen molar-refractivity contribution in [2.24, 2.45) is 0 Å². The van der Waals surface area contributed by atoms with Gasteiger partial charge in [0.25, 0.3) is 0 Å². The zero-order valence-corrected chi connectivity index (χ0v) is 12.3. The van der Waals surface area contributed by atoms with Crippen molar-refractivity contribution in [1.29, 1.82) is 0 Å². The summed E-state index contributed by atoms with van der Waals surface area (Å²) >= 11 is 5.72. The zero-order chi connectivity index (χ0) is 14.3. The molecule has 1 aromatic carbocycles. The number of ether oxygens (including phenoxy) is 2. The number of hydrogen-bond donors (Lipinski definition) is 0. The number of carbonyl (C=O) groups excluding carboxylic acids is 1. The third kappa shape index (κ3) is 5.39. The average molecular weight is 286 g/mol. The van der Waals surface area contributed by atoms with E-state index in [4.69, 9.17) is 21.1 Å². The van der Waals surface area contributed by atoms with E-state index in [0.717, 1.165) is 11.5 Å². The molecule has 0 saturated heterocycles. The predicted molar refractivity (Wildman–Crippen MR) is 76.1 cm³/mol. The highest BCUT2D eigenvalue weighted by Gasteiger charge is 2.14. The largest absolute Gasteiger partial charge is 0.494 e. The van der Waals surface area contributed by atoms with E-state index in [9.17, 15) is 4.79 Å². The molecule has 5 heteroatoms. The first kappa shape index (κ1) is 15.6. The van der Waals surface area contributed by atoms with Crippen molar-refractivity contribution in [3.8, 4) is 11.5 Å². The molecule has 0 aromatic heterocycles. The molecule has 1 atom stereocenters. The lowest BCUT2D eigenvalue weighted by atomic mass is 10.3. The highest BCUT2D eigenvalue weighted by molar-refractivity contribution is 6.30. The van der Waals surface area contributed by atoms with E-state index >= 15 is 0 Å². The van der Waals surface area contributed by atoms with Gasteiger partial charge in [0.2, 0.25) is 5.91 Å². The van der Waals surface area contributed by atoms with Gasteiger partial charge in [-0.1, -0.05) is 0 Å². The molecular weight excluding hydrogens is 266 g/mol. The number of benzene rings is 1. The van der Waals surface area contributed by atoms with Crippen LogP contribution in [0.1, 0.15) is 13.8 Å². The van der Waals surface area contributed by atoms with Crippen molar-refractivity contribution >= 4 is 17.5 Å². The van der Waals surface area contributed by atoms with Crippen LogP contribution in [0.25, 0.3) is 0 Å². The van der Waals surface area contributed by atoms with Crippen molar-refractivity contribution in [2.45, 2.75) is 19.2 Å². The van der Waals surface area contributed by atoms with Crippen LogP contribution in [0.3, 0.4) is 0 Å². The molecule has 19 heavy (non-hydrogen) atoms. The Balaban J connectivity index is 2.34. The summed E-state index contributed by atoms with van der Waals surface area (Å²) in [5.74, 6) is 1.47. The number of carbonyl (C=O) groups is 1. The monoisotopic (exact) mass is 285 g/mol. The Morgan fingerprint density at radius 3 is 2.26 bits per heavy atom. The Kier molecular flexibility index (Phi) is 6.50. The summed E-state index contributed by atoms with van der Waals surface area (Å²) in [5, 5.41) is -0.504. The summed E-state index contributed by atoms with van der Waals surface area (Å²) in [5.41, 5.74) is 0. The van der Waals surface area contributed by atoms with Crippen LogP contribution >= 0.6 is 11.6 Å². The lowest BCUT2D eigenvalue weighted by Gasteiger charge is -2.18. The Morgan fingerprint density at radius 1 is 1.26 bits per heavy atom. The first-order valence-electron chi connectivity index (χ1n) is 6.29. The fourth-order valence-corrected chi connectivity index (χ4v) is 1.68. The summed E-state index contributed by atoms with van der Waals surface area (Å²) in [4.78, 5) is 13.1. The fourth-order valence-electron chi connectivity index (χ4n) is 1.51. The van der Waals surface area contributed by atoms with E-state index in [1.807, 2.05) is 31.2 Å². The molecule has 0 saturated carbocycles. The Bertz CT molecular complexity index is 392. The van der Waals surface area contributed by atoms with Gasteiger partial charge in [-0.05, 0) is 38.1 Å². The lowest BCUT2D eigenvalue weighted by molar-refractivity contribution is -0.129. The molecule has 0 aliphatic rings. The molecule has 0 aliphatic heterocycles. The smallest absolute Gasteiger partial charge is 0.240 e. The van der Waals surface area contributed by atoms with E-state index < -0.39 is 5.38 Å². The van der Waals surface area contributed by atoms with Crippen molar-refractivity contribution < 1.29 is 14.3 Å². The molecule has 1 amide bonds. The quantitative estimate of drug-likeness (QED) is 0.723. The fraction of sp³-hybridized carbons (Fsp3) is 0.500. The molecular formula is C14H20ClNO3. The van der Waals surface area contributed by atoms with Gasteiger partial charge in [-0.25, -0.2) is 0 Å². The minimum absolute atomic E-state index is 0.100. The van der Waals surface area contributed by atoms with Gasteiger partial charge in [0.15, 0.2) is 0 Å². The number of halogens is 1. The second kappa shape index (κ2) is 7.89.